The minimum atomic E-state index is 0.325. The Labute approximate surface area is 121 Å². The first-order valence-corrected chi connectivity index (χ1v) is 6.85. The number of anilines is 1. The van der Waals surface area contributed by atoms with E-state index in [-0.39, 0.29) is 0 Å². The van der Waals surface area contributed by atoms with Gasteiger partial charge in [0.1, 0.15) is 17.5 Å². The van der Waals surface area contributed by atoms with Gasteiger partial charge in [0, 0.05) is 12.3 Å². The zero-order chi connectivity index (χ0) is 14.7. The van der Waals surface area contributed by atoms with Gasteiger partial charge < -0.3 is 10.5 Å². The SMILES string of the molecule is CCCCc1ccnc(Oc2n[nH]c3ncnc(N)c23)c1. The third-order valence-electron chi connectivity index (χ3n) is 3.17. The van der Waals surface area contributed by atoms with Crippen molar-refractivity contribution < 1.29 is 4.74 Å². The number of unbranched alkanes of at least 4 members (excludes halogenated alkanes) is 1. The van der Waals surface area contributed by atoms with Crippen molar-refractivity contribution in [2.75, 3.05) is 5.73 Å². The topological polar surface area (TPSA) is 103 Å². The monoisotopic (exact) mass is 284 g/mol. The summed E-state index contributed by atoms with van der Waals surface area (Å²) in [5.74, 6) is 1.15. The van der Waals surface area contributed by atoms with Crippen LogP contribution in [0.4, 0.5) is 5.82 Å². The Kier molecular flexibility index (Phi) is 3.63. The van der Waals surface area contributed by atoms with E-state index >= 15 is 0 Å². The fraction of sp³-hybridized carbons (Fsp3) is 0.286. The zero-order valence-corrected chi connectivity index (χ0v) is 11.7. The van der Waals surface area contributed by atoms with E-state index in [4.69, 9.17) is 10.5 Å². The van der Waals surface area contributed by atoms with Crippen LogP contribution >= 0.6 is 0 Å². The minimum absolute atomic E-state index is 0.325. The summed E-state index contributed by atoms with van der Waals surface area (Å²) < 4.78 is 5.72. The highest BCUT2D eigenvalue weighted by atomic mass is 16.5. The maximum absolute atomic E-state index is 5.84. The van der Waals surface area contributed by atoms with Gasteiger partial charge in [0.25, 0.3) is 5.88 Å². The number of hydrogen-bond donors (Lipinski definition) is 2. The third kappa shape index (κ3) is 2.76. The Hall–Kier alpha value is -2.70. The van der Waals surface area contributed by atoms with Crippen molar-refractivity contribution in [3.05, 3.63) is 30.2 Å². The number of nitrogens with zero attached hydrogens (tertiary/aromatic N) is 4. The number of ether oxygens (including phenoxy) is 1. The molecule has 3 aromatic heterocycles. The number of H-pyrrole nitrogens is 1. The molecule has 0 unspecified atom stereocenters. The Bertz CT molecular complexity index is 754. The van der Waals surface area contributed by atoms with Crippen molar-refractivity contribution in [2.24, 2.45) is 0 Å². The number of nitrogens with one attached hydrogen (secondary N) is 1. The number of hydrogen-bond acceptors (Lipinski definition) is 6. The van der Waals surface area contributed by atoms with Gasteiger partial charge >= 0.3 is 0 Å². The Balaban J connectivity index is 1.88. The van der Waals surface area contributed by atoms with Crippen LogP contribution in [0.15, 0.2) is 24.7 Å². The van der Waals surface area contributed by atoms with Crippen LogP contribution in [-0.4, -0.2) is 25.1 Å². The predicted octanol–water partition coefficient (Wildman–Crippen LogP) is 2.46. The smallest absolute Gasteiger partial charge is 0.253 e. The number of pyridine rings is 1. The predicted molar refractivity (Wildman–Crippen MR) is 79.0 cm³/mol. The number of aromatic amines is 1. The lowest BCUT2D eigenvalue weighted by Gasteiger charge is -2.04. The Morgan fingerprint density at radius 2 is 2.19 bits per heavy atom. The van der Waals surface area contributed by atoms with Gasteiger partial charge in [0.05, 0.1) is 0 Å². The molecule has 0 atom stereocenters. The van der Waals surface area contributed by atoms with Gasteiger partial charge in [-0.2, -0.15) is 0 Å². The second-order valence-corrected chi connectivity index (χ2v) is 4.72. The Morgan fingerprint density at radius 1 is 1.29 bits per heavy atom. The molecule has 0 saturated heterocycles. The van der Waals surface area contributed by atoms with Crippen molar-refractivity contribution in [1.82, 2.24) is 25.1 Å². The molecule has 21 heavy (non-hydrogen) atoms. The summed E-state index contributed by atoms with van der Waals surface area (Å²) in [5.41, 5.74) is 7.57. The molecule has 0 spiro atoms. The van der Waals surface area contributed by atoms with E-state index in [1.807, 2.05) is 12.1 Å². The summed E-state index contributed by atoms with van der Waals surface area (Å²) in [6.45, 7) is 2.16. The maximum Gasteiger partial charge on any atom is 0.253 e. The number of rotatable bonds is 5. The van der Waals surface area contributed by atoms with Crippen molar-refractivity contribution in [2.45, 2.75) is 26.2 Å². The van der Waals surface area contributed by atoms with Gasteiger partial charge in [-0.15, -0.1) is 5.10 Å². The highest BCUT2D eigenvalue weighted by molar-refractivity contribution is 5.90. The summed E-state index contributed by atoms with van der Waals surface area (Å²) in [5, 5.41) is 7.41. The average Bonchev–Trinajstić information content (AvgIpc) is 2.90. The van der Waals surface area contributed by atoms with Crippen LogP contribution in [0.1, 0.15) is 25.3 Å². The van der Waals surface area contributed by atoms with Gasteiger partial charge in [-0.25, -0.2) is 15.0 Å². The third-order valence-corrected chi connectivity index (χ3v) is 3.17. The van der Waals surface area contributed by atoms with Crippen LogP contribution in [0.5, 0.6) is 11.8 Å². The van der Waals surface area contributed by atoms with Crippen LogP contribution in [0.2, 0.25) is 0 Å². The second-order valence-electron chi connectivity index (χ2n) is 4.72. The second kappa shape index (κ2) is 5.74. The molecule has 0 aliphatic heterocycles. The number of aromatic nitrogens is 5. The van der Waals surface area contributed by atoms with Crippen LogP contribution < -0.4 is 10.5 Å². The molecule has 0 aliphatic rings. The van der Waals surface area contributed by atoms with E-state index < -0.39 is 0 Å². The quantitative estimate of drug-likeness (QED) is 0.746. The maximum atomic E-state index is 5.84. The molecule has 3 rings (SSSR count). The molecule has 3 aromatic rings. The molecule has 0 aromatic carbocycles. The fourth-order valence-electron chi connectivity index (χ4n) is 2.07. The molecule has 3 heterocycles. The molecular formula is C14H16N6O. The standard InChI is InChI=1S/C14H16N6O/c1-2-3-4-9-5-6-16-10(7-9)21-14-11-12(15)17-8-18-13(11)19-20-14/h5-8H,2-4H2,1H3,(H3,15,17,18,19,20). The zero-order valence-electron chi connectivity index (χ0n) is 11.7. The van der Waals surface area contributed by atoms with Gasteiger partial charge in [-0.1, -0.05) is 13.3 Å². The van der Waals surface area contributed by atoms with E-state index in [1.165, 1.54) is 11.9 Å². The lowest BCUT2D eigenvalue weighted by Crippen LogP contribution is -1.95. The lowest BCUT2D eigenvalue weighted by atomic mass is 10.1. The molecule has 0 amide bonds. The van der Waals surface area contributed by atoms with Crippen molar-refractivity contribution >= 4 is 16.9 Å². The van der Waals surface area contributed by atoms with E-state index in [1.54, 1.807) is 6.20 Å². The van der Waals surface area contributed by atoms with Crippen LogP contribution in [-0.2, 0) is 6.42 Å². The van der Waals surface area contributed by atoms with E-state index in [2.05, 4.69) is 32.1 Å². The number of fused-ring (bicyclic) bond motifs is 1. The van der Waals surface area contributed by atoms with Crippen LogP contribution in [0.3, 0.4) is 0 Å². The highest BCUT2D eigenvalue weighted by Gasteiger charge is 2.13. The molecule has 0 radical (unpaired) electrons. The average molecular weight is 284 g/mol. The first-order valence-electron chi connectivity index (χ1n) is 6.85. The van der Waals surface area contributed by atoms with Crippen molar-refractivity contribution in [3.63, 3.8) is 0 Å². The van der Waals surface area contributed by atoms with Crippen molar-refractivity contribution in [1.29, 1.82) is 0 Å². The fourth-order valence-corrected chi connectivity index (χ4v) is 2.07. The van der Waals surface area contributed by atoms with E-state index in [0.29, 0.717) is 28.6 Å². The number of nitrogens with two attached hydrogens (primary N) is 1. The molecule has 7 heteroatoms. The van der Waals surface area contributed by atoms with Gasteiger partial charge in [-0.05, 0) is 24.5 Å². The van der Waals surface area contributed by atoms with Crippen LogP contribution in [0, 0.1) is 0 Å². The van der Waals surface area contributed by atoms with E-state index in [0.717, 1.165) is 19.3 Å². The molecule has 0 fully saturated rings. The lowest BCUT2D eigenvalue weighted by molar-refractivity contribution is 0.447. The number of aryl methyl sites for hydroxylation is 1. The largest absolute Gasteiger partial charge is 0.418 e. The van der Waals surface area contributed by atoms with Crippen LogP contribution in [0.25, 0.3) is 11.0 Å². The summed E-state index contributed by atoms with van der Waals surface area (Å²) >= 11 is 0. The van der Waals surface area contributed by atoms with Gasteiger partial charge in [0.15, 0.2) is 5.65 Å². The molecule has 108 valence electrons. The van der Waals surface area contributed by atoms with Gasteiger partial charge in [-0.3, -0.25) is 5.10 Å². The molecule has 0 aliphatic carbocycles. The molecular weight excluding hydrogens is 268 g/mol. The minimum Gasteiger partial charge on any atom is -0.418 e. The molecule has 3 N–H and O–H groups in total. The van der Waals surface area contributed by atoms with Gasteiger partial charge in [0.2, 0.25) is 5.88 Å². The summed E-state index contributed by atoms with van der Waals surface area (Å²) in [6.07, 6.45) is 6.40. The van der Waals surface area contributed by atoms with E-state index in [9.17, 15) is 0 Å². The Morgan fingerprint density at radius 3 is 3.05 bits per heavy atom. The summed E-state index contributed by atoms with van der Waals surface area (Å²) in [6, 6.07) is 3.90. The molecule has 7 nitrogen and oxygen atoms in total. The highest BCUT2D eigenvalue weighted by Crippen LogP contribution is 2.28. The molecule has 0 saturated carbocycles. The normalized spacial score (nSPS) is 10.9. The first kappa shape index (κ1) is 13.3. The number of nitrogen functional groups attached to an aromatic ring is 1. The summed E-state index contributed by atoms with van der Waals surface area (Å²) in [7, 11) is 0. The first-order chi connectivity index (χ1) is 10.3. The summed E-state index contributed by atoms with van der Waals surface area (Å²) in [4.78, 5) is 12.2. The molecule has 0 bridgehead atoms. The van der Waals surface area contributed by atoms with Crippen molar-refractivity contribution in [3.8, 4) is 11.8 Å².